The molecule has 59 heavy (non-hydrogen) atoms. The monoisotopic (exact) mass is 802 g/mol. The number of likely N-dealkylation sites (tertiary alicyclic amines) is 2. The van der Waals surface area contributed by atoms with Crippen LogP contribution in [0.15, 0.2) is 60.7 Å². The number of aromatic nitrogens is 4. The fraction of sp³-hybridized carbons (Fsp3) is 0.455. The van der Waals surface area contributed by atoms with Gasteiger partial charge in [-0.05, 0) is 96.9 Å². The number of carbonyl (C=O) groups excluding carboxylic acids is 3. The van der Waals surface area contributed by atoms with E-state index in [2.05, 4.69) is 21.4 Å². The minimum atomic E-state index is -1.13. The molecule has 8 atom stereocenters. The van der Waals surface area contributed by atoms with Crippen LogP contribution in [0.3, 0.4) is 0 Å². The van der Waals surface area contributed by atoms with E-state index in [0.29, 0.717) is 34.7 Å². The molecular formula is C44H50N8O7. The normalized spacial score (nSPS) is 23.9. The molecule has 2 saturated carbocycles. The molecule has 2 aliphatic carbocycles. The molecule has 0 radical (unpaired) electrons. The number of para-hydroxylation sites is 1. The van der Waals surface area contributed by atoms with Crippen LogP contribution in [-0.4, -0.2) is 102 Å². The molecule has 3 aromatic carbocycles. The Hall–Kier alpha value is -6.12. The number of likely N-dealkylation sites (N-methyl/N-ethyl adjacent to an activating group) is 1. The van der Waals surface area contributed by atoms with Crippen LogP contribution in [0.25, 0.3) is 33.2 Å². The van der Waals surface area contributed by atoms with Crippen LogP contribution >= 0.6 is 0 Å². The molecule has 0 spiro atoms. The van der Waals surface area contributed by atoms with Crippen LogP contribution in [0.1, 0.15) is 77.1 Å². The molecule has 4 amide bonds. The lowest BCUT2D eigenvalue weighted by atomic mass is 10.0. The molecule has 4 heterocycles. The second-order valence-electron chi connectivity index (χ2n) is 17.3. The van der Waals surface area contributed by atoms with Gasteiger partial charge in [-0.15, -0.1) is 0 Å². The van der Waals surface area contributed by atoms with Crippen molar-refractivity contribution >= 4 is 46.1 Å². The number of alkyl carbamates (subject to hydrolysis) is 1. The first kappa shape index (κ1) is 38.4. The molecule has 4 aliphatic rings. The molecule has 4 N–H and O–H groups in total. The summed E-state index contributed by atoms with van der Waals surface area (Å²) < 4.78 is 11.2. The Morgan fingerprint density at radius 3 is 2.05 bits per heavy atom. The molecule has 15 heteroatoms. The van der Waals surface area contributed by atoms with Crippen molar-refractivity contribution < 1.29 is 33.8 Å². The van der Waals surface area contributed by atoms with Gasteiger partial charge in [0.1, 0.15) is 35.0 Å². The summed E-state index contributed by atoms with van der Waals surface area (Å²) in [5, 5.41) is 12.5. The van der Waals surface area contributed by atoms with E-state index in [1.807, 2.05) is 92.1 Å². The minimum absolute atomic E-state index is 0.0918. The molecule has 2 saturated heterocycles. The Labute approximate surface area is 341 Å². The highest BCUT2D eigenvalue weighted by atomic mass is 16.5. The van der Waals surface area contributed by atoms with Crippen molar-refractivity contribution in [3.05, 3.63) is 72.3 Å². The second kappa shape index (κ2) is 14.6. The SMILES string of the molecule is COC(=O)N[C@H](C(=O)N1[C@@H]2CC2C[C@H]1c1nc2ccc(-c3ccc(Oc4cccc5[nH]c([C@@H]6CC7C[C@H]7N6C(=O)[C@H](C(C)C)N(C)C(=O)O)nc45)cc3)cc2[nH]1)C(C)C. The van der Waals surface area contributed by atoms with E-state index in [1.165, 1.54) is 14.2 Å². The maximum Gasteiger partial charge on any atom is 0.407 e. The maximum atomic E-state index is 14.0. The van der Waals surface area contributed by atoms with Gasteiger partial charge in [0.25, 0.3) is 0 Å². The van der Waals surface area contributed by atoms with Gasteiger partial charge >= 0.3 is 12.2 Å². The van der Waals surface area contributed by atoms with Gasteiger partial charge in [-0.1, -0.05) is 52.0 Å². The zero-order chi connectivity index (χ0) is 41.4. The molecule has 0 bridgehead atoms. The molecule has 9 rings (SSSR count). The number of hydrogen-bond donors (Lipinski definition) is 4. The topological polar surface area (TPSA) is 186 Å². The first-order valence-corrected chi connectivity index (χ1v) is 20.5. The highest BCUT2D eigenvalue weighted by Crippen LogP contribution is 2.55. The number of piperidine rings is 2. The van der Waals surface area contributed by atoms with Gasteiger partial charge < -0.3 is 39.7 Å². The lowest BCUT2D eigenvalue weighted by Gasteiger charge is -2.35. The lowest BCUT2D eigenvalue weighted by Crippen LogP contribution is -2.52. The molecular weight excluding hydrogens is 753 g/mol. The average Bonchev–Trinajstić information content (AvgIpc) is 3.86. The Bertz CT molecular complexity index is 2460. The lowest BCUT2D eigenvalue weighted by molar-refractivity contribution is -0.140. The van der Waals surface area contributed by atoms with Crippen molar-refractivity contribution in [1.82, 2.24) is 40.0 Å². The predicted octanol–water partition coefficient (Wildman–Crippen LogP) is 7.24. The maximum absolute atomic E-state index is 14.0. The highest BCUT2D eigenvalue weighted by molar-refractivity contribution is 5.89. The van der Waals surface area contributed by atoms with E-state index >= 15 is 0 Å². The van der Waals surface area contributed by atoms with Crippen LogP contribution in [0.4, 0.5) is 9.59 Å². The second-order valence-corrected chi connectivity index (χ2v) is 17.3. The zero-order valence-electron chi connectivity index (χ0n) is 34.0. The number of nitrogens with zero attached hydrogens (tertiary/aromatic N) is 5. The van der Waals surface area contributed by atoms with Crippen molar-refractivity contribution in [2.75, 3.05) is 14.2 Å². The van der Waals surface area contributed by atoms with E-state index in [1.54, 1.807) is 0 Å². The largest absolute Gasteiger partial charge is 0.465 e. The quantitative estimate of drug-likeness (QED) is 0.107. The predicted molar refractivity (Wildman–Crippen MR) is 218 cm³/mol. The third-order valence-corrected chi connectivity index (χ3v) is 12.8. The summed E-state index contributed by atoms with van der Waals surface area (Å²) in [5.74, 6) is 2.84. The number of carboxylic acid groups (broad SMARTS) is 1. The van der Waals surface area contributed by atoms with Crippen molar-refractivity contribution in [3.8, 4) is 22.6 Å². The summed E-state index contributed by atoms with van der Waals surface area (Å²) in [6.07, 6.45) is 1.73. The van der Waals surface area contributed by atoms with Crippen molar-refractivity contribution in [2.45, 2.75) is 89.6 Å². The smallest absolute Gasteiger partial charge is 0.407 e. The Kier molecular flexibility index (Phi) is 9.51. The van der Waals surface area contributed by atoms with Gasteiger partial charge in [-0.25, -0.2) is 19.6 Å². The minimum Gasteiger partial charge on any atom is -0.465 e. The molecule has 4 fully saturated rings. The summed E-state index contributed by atoms with van der Waals surface area (Å²) in [7, 11) is 2.76. The van der Waals surface area contributed by atoms with Crippen LogP contribution in [-0.2, 0) is 14.3 Å². The van der Waals surface area contributed by atoms with Gasteiger partial charge in [0, 0.05) is 19.1 Å². The van der Waals surface area contributed by atoms with E-state index in [0.717, 1.165) is 64.1 Å². The molecule has 2 aliphatic heterocycles. The summed E-state index contributed by atoms with van der Waals surface area (Å²) in [5.41, 5.74) is 5.10. The Morgan fingerprint density at radius 2 is 1.42 bits per heavy atom. The van der Waals surface area contributed by atoms with Crippen molar-refractivity contribution in [2.24, 2.45) is 23.7 Å². The number of H-pyrrole nitrogens is 2. The summed E-state index contributed by atoms with van der Waals surface area (Å²) in [6, 6.07) is 17.9. The van der Waals surface area contributed by atoms with Gasteiger partial charge in [0.05, 0.1) is 35.7 Å². The number of fused-ring (bicyclic) bond motifs is 4. The Morgan fingerprint density at radius 1 is 0.797 bits per heavy atom. The number of hydrogen-bond acceptors (Lipinski definition) is 8. The van der Waals surface area contributed by atoms with E-state index in [9.17, 15) is 24.3 Å². The first-order chi connectivity index (χ1) is 28.3. The van der Waals surface area contributed by atoms with Gasteiger partial charge in [0.15, 0.2) is 5.75 Å². The molecule has 2 aromatic heterocycles. The fourth-order valence-corrected chi connectivity index (χ4v) is 9.54. The third-order valence-electron chi connectivity index (χ3n) is 12.8. The number of carbonyl (C=O) groups is 4. The first-order valence-electron chi connectivity index (χ1n) is 20.5. The number of nitrogens with one attached hydrogen (secondary N) is 3. The molecule has 2 unspecified atom stereocenters. The van der Waals surface area contributed by atoms with Crippen LogP contribution in [0.2, 0.25) is 0 Å². The molecule has 5 aromatic rings. The average molecular weight is 803 g/mol. The van der Waals surface area contributed by atoms with E-state index in [-0.39, 0.29) is 47.8 Å². The number of amides is 4. The van der Waals surface area contributed by atoms with Crippen LogP contribution in [0.5, 0.6) is 11.5 Å². The van der Waals surface area contributed by atoms with Crippen LogP contribution < -0.4 is 10.1 Å². The molecule has 308 valence electrons. The summed E-state index contributed by atoms with van der Waals surface area (Å²) in [6.45, 7) is 7.58. The number of ether oxygens (including phenoxy) is 2. The van der Waals surface area contributed by atoms with Gasteiger partial charge in [-0.2, -0.15) is 0 Å². The summed E-state index contributed by atoms with van der Waals surface area (Å²) in [4.78, 5) is 73.6. The van der Waals surface area contributed by atoms with E-state index in [4.69, 9.17) is 19.4 Å². The van der Waals surface area contributed by atoms with Gasteiger partial charge in [0.2, 0.25) is 11.8 Å². The van der Waals surface area contributed by atoms with Gasteiger partial charge in [-0.3, -0.25) is 14.5 Å². The highest BCUT2D eigenvalue weighted by Gasteiger charge is 2.57. The number of imidazole rings is 2. The summed E-state index contributed by atoms with van der Waals surface area (Å²) >= 11 is 0. The van der Waals surface area contributed by atoms with Crippen molar-refractivity contribution in [1.29, 1.82) is 0 Å². The number of benzene rings is 3. The molecule has 15 nitrogen and oxygen atoms in total. The Balaban J connectivity index is 0.914. The number of methoxy groups -OCH3 is 1. The standard InChI is InChI=1S/C44H50N8O7/c1-21(2)36(49-43(55)58-6)41(53)51-31-17-25(31)19-33(51)39-45-28-15-12-24(16-30(28)47-39)23-10-13-27(14-11-23)59-35-9-7-8-29-37(35)48-40(46-29)34-20-26-18-32(26)52(34)42(54)38(22(3)4)50(5)44(56)57/h7-16,21-22,25-26,31-34,36,38H,17-20H2,1-6H3,(H,45,47)(H,46,48)(H,49,55)(H,56,57)/t25?,26?,31-,32-,33+,34+,36+,38+/m1/s1. The van der Waals surface area contributed by atoms with E-state index < -0.39 is 24.3 Å². The fourth-order valence-electron chi connectivity index (χ4n) is 9.54. The zero-order valence-corrected chi connectivity index (χ0v) is 34.0. The number of rotatable bonds is 11. The third kappa shape index (κ3) is 6.89. The van der Waals surface area contributed by atoms with Crippen LogP contribution in [0, 0.1) is 23.7 Å². The van der Waals surface area contributed by atoms with Crippen molar-refractivity contribution in [3.63, 3.8) is 0 Å². The number of aromatic amines is 2.